The molecule has 0 fully saturated rings. The number of aliphatic hydroxyl groups is 1. The Morgan fingerprint density at radius 2 is 1.47 bits per heavy atom. The number of carboxylic acid groups (broad SMARTS) is 1. The number of ketones is 1. The number of carbonyl (C=O) groups excluding carboxylic acids is 2. The average molecular weight is 774 g/mol. The molecule has 5 rings (SSSR count). The zero-order valence-corrected chi connectivity index (χ0v) is 31.0. The van der Waals surface area contributed by atoms with Gasteiger partial charge in [-0.1, -0.05) is 99.3 Å². The van der Waals surface area contributed by atoms with E-state index in [-0.39, 0.29) is 28.2 Å². The van der Waals surface area contributed by atoms with Gasteiger partial charge in [-0.15, -0.1) is 11.3 Å². The minimum atomic E-state index is -4.64. The first-order valence-corrected chi connectivity index (χ1v) is 18.9. The highest BCUT2D eigenvalue weighted by Crippen LogP contribution is 2.35. The number of aromatic nitrogens is 2. The molecule has 3 aromatic carbocycles. The van der Waals surface area contributed by atoms with Crippen LogP contribution < -0.4 is 10.1 Å². The zero-order valence-electron chi connectivity index (χ0n) is 30.2. The van der Waals surface area contributed by atoms with Crippen molar-refractivity contribution in [2.24, 2.45) is 5.92 Å². The third kappa shape index (κ3) is 11.5. The van der Waals surface area contributed by atoms with Crippen LogP contribution in [-0.4, -0.2) is 50.5 Å². The molecule has 0 aliphatic heterocycles. The van der Waals surface area contributed by atoms with E-state index in [1.54, 1.807) is 54.9 Å². The van der Waals surface area contributed by atoms with Gasteiger partial charge in [-0.2, -0.15) is 13.2 Å². The number of nitrogens with zero attached hydrogens (tertiary/aromatic N) is 2. The van der Waals surface area contributed by atoms with Crippen molar-refractivity contribution in [3.05, 3.63) is 124 Å². The van der Waals surface area contributed by atoms with Gasteiger partial charge in [-0.05, 0) is 53.8 Å². The summed E-state index contributed by atoms with van der Waals surface area (Å²) < 4.78 is 45.6. The summed E-state index contributed by atoms with van der Waals surface area (Å²) in [5.41, 5.74) is 3.25. The van der Waals surface area contributed by atoms with E-state index in [4.69, 9.17) is 4.74 Å². The normalized spacial score (nSPS) is 13.1. The van der Waals surface area contributed by atoms with Crippen molar-refractivity contribution < 1.29 is 42.5 Å². The van der Waals surface area contributed by atoms with Gasteiger partial charge in [0.05, 0.1) is 11.5 Å². The zero-order chi connectivity index (χ0) is 39.4. The van der Waals surface area contributed by atoms with Crippen LogP contribution in [0.25, 0.3) is 22.5 Å². The van der Waals surface area contributed by atoms with Crippen molar-refractivity contribution in [3.8, 4) is 28.3 Å². The molecule has 2 aromatic heterocycles. The highest BCUT2D eigenvalue weighted by atomic mass is 32.1. The Morgan fingerprint density at radius 1 is 0.818 bits per heavy atom. The van der Waals surface area contributed by atoms with Crippen LogP contribution >= 0.6 is 11.3 Å². The third-order valence-electron chi connectivity index (χ3n) is 9.03. The van der Waals surface area contributed by atoms with Crippen LogP contribution in [0.4, 0.5) is 13.2 Å². The van der Waals surface area contributed by atoms with E-state index in [9.17, 15) is 37.8 Å². The Labute approximate surface area is 321 Å². The maximum absolute atomic E-state index is 13.6. The van der Waals surface area contributed by atoms with Crippen LogP contribution in [0.5, 0.6) is 5.75 Å². The van der Waals surface area contributed by atoms with Gasteiger partial charge in [-0.3, -0.25) is 9.59 Å². The lowest BCUT2D eigenvalue weighted by Gasteiger charge is -2.24. The number of nitrogens with one attached hydrogen (secondary N) is 1. The molecule has 3 N–H and O–H groups in total. The number of aliphatic carboxylic acids is 1. The first-order chi connectivity index (χ1) is 26.4. The first-order valence-electron chi connectivity index (χ1n) is 18.0. The molecule has 9 nitrogen and oxygen atoms in total. The number of halogens is 3. The quantitative estimate of drug-likeness (QED) is 0.0559. The number of carbonyl (C=O) groups is 3. The van der Waals surface area contributed by atoms with Crippen molar-refractivity contribution in [1.29, 1.82) is 0 Å². The first kappa shape index (κ1) is 40.8. The number of Topliss-reactive ketones (excluding diaryl/α,β-unsaturated/α-hetero) is 1. The Bertz CT molecular complexity index is 2000. The van der Waals surface area contributed by atoms with E-state index >= 15 is 0 Å². The van der Waals surface area contributed by atoms with Crippen molar-refractivity contribution in [2.75, 3.05) is 6.61 Å². The summed E-state index contributed by atoms with van der Waals surface area (Å²) in [6.45, 7) is 2.87. The lowest BCUT2D eigenvalue weighted by Crippen LogP contribution is -2.47. The maximum Gasteiger partial charge on any atom is 0.425 e. The topological polar surface area (TPSA) is 139 Å². The second-order valence-corrected chi connectivity index (χ2v) is 14.2. The summed E-state index contributed by atoms with van der Waals surface area (Å²) in [6.07, 6.45) is 2.45. The molecular formula is C42H42F3N3O6S. The van der Waals surface area contributed by atoms with Crippen molar-refractivity contribution >= 4 is 29.0 Å². The van der Waals surface area contributed by atoms with Gasteiger partial charge in [-0.25, -0.2) is 14.8 Å². The minimum Gasteiger partial charge on any atom is -0.494 e. The molecule has 0 bridgehead atoms. The number of benzene rings is 3. The number of alkyl halides is 3. The number of hydrogen-bond donors (Lipinski definition) is 3. The van der Waals surface area contributed by atoms with Crippen molar-refractivity contribution in [2.45, 2.75) is 70.2 Å². The molecule has 1 amide bonds. The van der Waals surface area contributed by atoms with E-state index in [1.165, 1.54) is 31.4 Å². The van der Waals surface area contributed by atoms with Crippen LogP contribution in [0, 0.1) is 5.92 Å². The fraction of sp³-hybridized carbons (Fsp3) is 0.310. The van der Waals surface area contributed by atoms with Gasteiger partial charge in [0, 0.05) is 35.9 Å². The fourth-order valence-corrected chi connectivity index (χ4v) is 6.77. The molecule has 2 heterocycles. The molecule has 2 unspecified atom stereocenters. The van der Waals surface area contributed by atoms with E-state index in [0.29, 0.717) is 23.6 Å². The summed E-state index contributed by atoms with van der Waals surface area (Å²) in [5.74, 6) is -3.00. The van der Waals surface area contributed by atoms with Gasteiger partial charge in [0.2, 0.25) is 5.91 Å². The second kappa shape index (κ2) is 19.3. The van der Waals surface area contributed by atoms with Crippen LogP contribution in [-0.2, 0) is 22.2 Å². The Balaban J connectivity index is 1.27. The number of hydrogen-bond acceptors (Lipinski definition) is 8. The lowest BCUT2D eigenvalue weighted by atomic mass is 9.91. The van der Waals surface area contributed by atoms with Crippen molar-refractivity contribution in [1.82, 2.24) is 15.3 Å². The van der Waals surface area contributed by atoms with Gasteiger partial charge >= 0.3 is 12.1 Å². The summed E-state index contributed by atoms with van der Waals surface area (Å²) in [4.78, 5) is 46.9. The highest BCUT2D eigenvalue weighted by molar-refractivity contribution is 7.14. The number of rotatable bonds is 19. The highest BCUT2D eigenvalue weighted by Gasteiger charge is 2.35. The molecule has 0 aliphatic rings. The molecule has 0 saturated carbocycles. The largest absolute Gasteiger partial charge is 0.494 e. The molecule has 0 aliphatic carbocycles. The van der Waals surface area contributed by atoms with E-state index in [2.05, 4.69) is 22.2 Å². The average Bonchev–Trinajstić information content (AvgIpc) is 3.71. The smallest absolute Gasteiger partial charge is 0.425 e. The van der Waals surface area contributed by atoms with Crippen LogP contribution in [0.1, 0.15) is 77.2 Å². The van der Waals surface area contributed by atoms with Crippen LogP contribution in [0.15, 0.2) is 103 Å². The number of amides is 1. The summed E-state index contributed by atoms with van der Waals surface area (Å²) in [7, 11) is 0. The van der Waals surface area contributed by atoms with Gasteiger partial charge in [0.25, 0.3) is 0 Å². The predicted octanol–water partition coefficient (Wildman–Crippen LogP) is 8.97. The number of carboxylic acids is 1. The molecule has 0 saturated heterocycles. The molecular weight excluding hydrogens is 732 g/mol. The second-order valence-electron chi connectivity index (χ2n) is 13.1. The molecule has 3 atom stereocenters. The number of aliphatic hydroxyl groups excluding tert-OH is 1. The number of ether oxygens (including phenoxy) is 1. The lowest BCUT2D eigenvalue weighted by molar-refractivity contribution is -0.146. The molecule has 0 radical (unpaired) electrons. The van der Waals surface area contributed by atoms with Crippen molar-refractivity contribution in [3.63, 3.8) is 0 Å². The summed E-state index contributed by atoms with van der Waals surface area (Å²) in [6, 6.07) is 22.6. The van der Waals surface area contributed by atoms with Crippen LogP contribution in [0.3, 0.4) is 0 Å². The van der Waals surface area contributed by atoms with E-state index < -0.39 is 53.2 Å². The maximum atomic E-state index is 13.6. The fourth-order valence-electron chi connectivity index (χ4n) is 5.95. The Morgan fingerprint density at radius 3 is 2.09 bits per heavy atom. The molecule has 288 valence electrons. The Kier molecular flexibility index (Phi) is 14.3. The van der Waals surface area contributed by atoms with Gasteiger partial charge < -0.3 is 20.3 Å². The third-order valence-corrected chi connectivity index (χ3v) is 10.2. The molecule has 5 aromatic rings. The standard InChI is InChI=1S/C42H42F3N3O6S/c1-2-3-4-5-9-22-54-33-18-16-28(17-19-33)32-25-46-39(47-26-32)30-14-12-27(13-15-30)23-31(24-34(49)35-20-21-36(55-35)42(43,44)45)40(51)48-37(41(52)53)38(50)29-10-7-6-8-11-29/h6-8,10-21,25-26,31,37-38,50H,2-5,9,22-24H2,1H3,(H,48,51)(H,52,53)/t31-,37?,38?/m1/s1. The number of unbranched alkanes of at least 4 members (excludes halogenated alkanes) is 4. The van der Waals surface area contributed by atoms with Gasteiger partial charge in [0.15, 0.2) is 17.6 Å². The molecule has 13 heteroatoms. The molecule has 55 heavy (non-hydrogen) atoms. The van der Waals surface area contributed by atoms with Crippen LogP contribution in [0.2, 0.25) is 0 Å². The number of thiophene rings is 1. The minimum absolute atomic E-state index is 0.0541. The summed E-state index contributed by atoms with van der Waals surface area (Å²) in [5, 5.41) is 23.1. The monoisotopic (exact) mass is 773 g/mol. The SMILES string of the molecule is CCCCCCCOc1ccc(-c2cnc(-c3ccc(C[C@H](CC(=O)c4ccc(C(F)(F)F)s4)C(=O)NC(C(=O)O)C(O)c4ccccc4)cc3)nc2)cc1. The Hall–Kier alpha value is -5.40. The van der Waals surface area contributed by atoms with E-state index in [1.807, 2.05) is 24.3 Å². The predicted molar refractivity (Wildman–Crippen MR) is 204 cm³/mol. The summed E-state index contributed by atoms with van der Waals surface area (Å²) >= 11 is 0.274. The van der Waals surface area contributed by atoms with Gasteiger partial charge in [0.1, 0.15) is 16.7 Å². The molecule has 0 spiro atoms. The van der Waals surface area contributed by atoms with E-state index in [0.717, 1.165) is 41.9 Å².